The number of hydrogen-bond donors (Lipinski definition) is 2. The van der Waals surface area contributed by atoms with E-state index in [0.29, 0.717) is 13.3 Å². The number of hydrogen-bond acceptors (Lipinski definition) is 4. The maximum Gasteiger partial charge on any atom is 0.404 e. The van der Waals surface area contributed by atoms with Crippen molar-refractivity contribution in [3.05, 3.63) is 12.4 Å². The number of anilines is 1. The summed E-state index contributed by atoms with van der Waals surface area (Å²) < 4.78 is 7.46. The summed E-state index contributed by atoms with van der Waals surface area (Å²) >= 11 is 0. The molecule has 1 atom stereocenters. The number of carboxylic acid groups (broad SMARTS) is 1. The second-order valence-corrected chi connectivity index (χ2v) is 12.6. The van der Waals surface area contributed by atoms with Crippen LogP contribution in [0.5, 0.6) is 0 Å². The number of amides is 1. The highest BCUT2D eigenvalue weighted by Gasteiger charge is 2.24. The second-order valence-electron chi connectivity index (χ2n) is 6.97. The summed E-state index contributed by atoms with van der Waals surface area (Å²) in [4.78, 5) is 12.8. The molecule has 0 spiro atoms. The fourth-order valence-electron chi connectivity index (χ4n) is 2.41. The minimum atomic E-state index is -1.05. The quantitative estimate of drug-likeness (QED) is 0.592. The fourth-order valence-corrected chi connectivity index (χ4v) is 3.17. The Labute approximate surface area is 132 Å². The molecule has 1 aromatic rings. The molecule has 1 saturated heterocycles. The van der Waals surface area contributed by atoms with Gasteiger partial charge in [-0.1, -0.05) is 19.6 Å². The van der Waals surface area contributed by atoms with Crippen molar-refractivity contribution in [3.8, 4) is 0 Å². The summed E-state index contributed by atoms with van der Waals surface area (Å²) in [6.07, 6.45) is 3.63. The molecule has 2 heterocycles. The molecule has 1 aliphatic heterocycles. The number of ether oxygens (including phenoxy) is 1. The number of carbonyl (C=O) groups is 1. The third-order valence-electron chi connectivity index (χ3n) is 3.72. The highest BCUT2D eigenvalue weighted by molar-refractivity contribution is 6.76. The number of aromatic nitrogens is 2. The normalized spacial score (nSPS) is 18.7. The second kappa shape index (κ2) is 7.15. The van der Waals surface area contributed by atoms with Crippen LogP contribution in [0, 0.1) is 0 Å². The molecular weight excluding hydrogens is 300 g/mol. The largest absolute Gasteiger partial charge is 0.465 e. The van der Waals surface area contributed by atoms with Gasteiger partial charge in [0.15, 0.2) is 0 Å². The summed E-state index contributed by atoms with van der Waals surface area (Å²) in [6, 6.07) is 1.14. The maximum atomic E-state index is 10.7. The Bertz CT molecular complexity index is 501. The molecule has 0 aromatic carbocycles. The first-order valence-corrected chi connectivity index (χ1v) is 11.4. The molecule has 0 bridgehead atoms. The molecule has 7 nitrogen and oxygen atoms in total. The zero-order valence-corrected chi connectivity index (χ0v) is 14.6. The van der Waals surface area contributed by atoms with Crippen LogP contribution >= 0.6 is 0 Å². The van der Waals surface area contributed by atoms with Gasteiger partial charge in [0.25, 0.3) is 0 Å². The van der Waals surface area contributed by atoms with Crippen molar-refractivity contribution in [1.29, 1.82) is 0 Å². The number of nitrogens with zero attached hydrogens (tertiary/aromatic N) is 3. The molecule has 0 radical (unpaired) electrons. The standard InChI is InChI=1S/C14H26N4O3Si/c1-22(2,3)7-6-21-11-18-10-13(8-15-18)17-5-4-12(9-17)16-14(19)20/h8,10,12,16H,4-7,9,11H2,1-3H3,(H,19,20). The fraction of sp³-hybridized carbons (Fsp3) is 0.714. The highest BCUT2D eigenvalue weighted by Crippen LogP contribution is 2.19. The lowest BCUT2D eigenvalue weighted by molar-refractivity contribution is 0.0786. The van der Waals surface area contributed by atoms with Gasteiger partial charge in [0.05, 0.1) is 24.1 Å². The first-order chi connectivity index (χ1) is 10.3. The molecule has 2 N–H and O–H groups in total. The van der Waals surface area contributed by atoms with Gasteiger partial charge < -0.3 is 20.1 Å². The molecule has 1 fully saturated rings. The van der Waals surface area contributed by atoms with Crippen molar-refractivity contribution >= 4 is 19.9 Å². The SMILES string of the molecule is C[Si](C)(C)CCOCn1cc(N2CCC(NC(=O)O)C2)cn1. The van der Waals surface area contributed by atoms with Crippen LogP contribution in [-0.4, -0.2) is 54.8 Å². The molecule has 1 amide bonds. The van der Waals surface area contributed by atoms with E-state index in [-0.39, 0.29) is 6.04 Å². The Morgan fingerprint density at radius 1 is 1.55 bits per heavy atom. The van der Waals surface area contributed by atoms with E-state index in [2.05, 4.69) is 35.0 Å². The van der Waals surface area contributed by atoms with Gasteiger partial charge in [-0.3, -0.25) is 0 Å². The number of rotatable bonds is 7. The smallest absolute Gasteiger partial charge is 0.404 e. The van der Waals surface area contributed by atoms with E-state index in [4.69, 9.17) is 9.84 Å². The van der Waals surface area contributed by atoms with Gasteiger partial charge in [0.2, 0.25) is 0 Å². The van der Waals surface area contributed by atoms with E-state index in [1.165, 1.54) is 0 Å². The van der Waals surface area contributed by atoms with Crippen LogP contribution in [0.4, 0.5) is 10.5 Å². The van der Waals surface area contributed by atoms with Crippen molar-refractivity contribution in [2.45, 2.75) is 44.9 Å². The molecule has 22 heavy (non-hydrogen) atoms. The summed E-state index contributed by atoms with van der Waals surface area (Å²) in [5, 5.41) is 15.6. The Morgan fingerprint density at radius 3 is 3.00 bits per heavy atom. The van der Waals surface area contributed by atoms with Crippen molar-refractivity contribution in [3.63, 3.8) is 0 Å². The summed E-state index contributed by atoms with van der Waals surface area (Å²) in [7, 11) is -1.05. The van der Waals surface area contributed by atoms with Crippen LogP contribution in [0.2, 0.25) is 25.7 Å². The van der Waals surface area contributed by atoms with Crippen molar-refractivity contribution in [2.75, 3.05) is 24.6 Å². The Hall–Kier alpha value is -1.54. The maximum absolute atomic E-state index is 10.7. The van der Waals surface area contributed by atoms with Gasteiger partial charge in [-0.15, -0.1) is 0 Å². The van der Waals surface area contributed by atoms with Crippen LogP contribution in [0.25, 0.3) is 0 Å². The predicted molar refractivity (Wildman–Crippen MR) is 88.1 cm³/mol. The van der Waals surface area contributed by atoms with Crippen LogP contribution < -0.4 is 10.2 Å². The Balaban J connectivity index is 1.76. The molecule has 8 heteroatoms. The molecule has 2 rings (SSSR count). The molecular formula is C14H26N4O3Si. The highest BCUT2D eigenvalue weighted by atomic mass is 28.3. The lowest BCUT2D eigenvalue weighted by atomic mass is 10.3. The minimum absolute atomic E-state index is 0.00570. The lowest BCUT2D eigenvalue weighted by Gasteiger charge is -2.16. The van der Waals surface area contributed by atoms with E-state index in [9.17, 15) is 4.79 Å². The summed E-state index contributed by atoms with van der Waals surface area (Å²) in [6.45, 7) is 9.77. The van der Waals surface area contributed by atoms with E-state index >= 15 is 0 Å². The van der Waals surface area contributed by atoms with Crippen LogP contribution in [0.15, 0.2) is 12.4 Å². The lowest BCUT2D eigenvalue weighted by Crippen LogP contribution is -2.35. The third kappa shape index (κ3) is 5.34. The zero-order chi connectivity index (χ0) is 16.2. The molecule has 0 aliphatic carbocycles. The predicted octanol–water partition coefficient (Wildman–Crippen LogP) is 2.04. The van der Waals surface area contributed by atoms with Crippen molar-refractivity contribution in [1.82, 2.24) is 15.1 Å². The van der Waals surface area contributed by atoms with Crippen LogP contribution in [0.1, 0.15) is 6.42 Å². The van der Waals surface area contributed by atoms with Gasteiger partial charge in [-0.05, 0) is 12.5 Å². The van der Waals surface area contributed by atoms with Gasteiger partial charge in [0.1, 0.15) is 6.73 Å². The van der Waals surface area contributed by atoms with E-state index < -0.39 is 14.2 Å². The van der Waals surface area contributed by atoms with Crippen LogP contribution in [-0.2, 0) is 11.5 Å². The van der Waals surface area contributed by atoms with Gasteiger partial charge >= 0.3 is 6.09 Å². The topological polar surface area (TPSA) is 79.6 Å². The monoisotopic (exact) mass is 326 g/mol. The summed E-state index contributed by atoms with van der Waals surface area (Å²) in [5.74, 6) is 0. The van der Waals surface area contributed by atoms with Crippen LogP contribution in [0.3, 0.4) is 0 Å². The average molecular weight is 326 g/mol. The molecule has 1 aliphatic rings. The summed E-state index contributed by atoms with van der Waals surface area (Å²) in [5.41, 5.74) is 1.02. The average Bonchev–Trinajstić information content (AvgIpc) is 3.01. The third-order valence-corrected chi connectivity index (χ3v) is 5.42. The van der Waals surface area contributed by atoms with Gasteiger partial charge in [0, 0.05) is 27.8 Å². The van der Waals surface area contributed by atoms with E-state index in [1.807, 2.05) is 12.4 Å². The molecule has 1 aromatic heterocycles. The first-order valence-electron chi connectivity index (χ1n) is 7.68. The molecule has 124 valence electrons. The first kappa shape index (κ1) is 16.8. The minimum Gasteiger partial charge on any atom is -0.465 e. The van der Waals surface area contributed by atoms with Crippen molar-refractivity contribution in [2.24, 2.45) is 0 Å². The zero-order valence-electron chi connectivity index (χ0n) is 13.6. The molecule has 0 saturated carbocycles. The van der Waals surface area contributed by atoms with Gasteiger partial charge in [-0.25, -0.2) is 9.48 Å². The number of nitrogens with one attached hydrogen (secondary N) is 1. The van der Waals surface area contributed by atoms with Gasteiger partial charge in [-0.2, -0.15) is 5.10 Å². The van der Waals surface area contributed by atoms with Crippen molar-refractivity contribution < 1.29 is 14.6 Å². The van der Waals surface area contributed by atoms with E-state index in [1.54, 1.807) is 4.68 Å². The van der Waals surface area contributed by atoms with E-state index in [0.717, 1.165) is 31.3 Å². The Kier molecular flexibility index (Phi) is 5.46. The Morgan fingerprint density at radius 2 is 2.32 bits per heavy atom. The molecule has 1 unspecified atom stereocenters.